The number of nitrogens with zero attached hydrogens (tertiary/aromatic N) is 2. The first-order valence-electron chi connectivity index (χ1n) is 11.3. The third-order valence-corrected chi connectivity index (χ3v) is 7.16. The predicted molar refractivity (Wildman–Crippen MR) is 120 cm³/mol. The number of carbonyl (C=O) groups excluding carboxylic acids is 1. The van der Waals surface area contributed by atoms with Crippen molar-refractivity contribution in [3.05, 3.63) is 24.3 Å². The van der Waals surface area contributed by atoms with Crippen LogP contribution in [0, 0.1) is 5.92 Å². The molecular formula is C23H36N2O5S. The summed E-state index contributed by atoms with van der Waals surface area (Å²) in [6.45, 7) is 9.50. The number of amides is 1. The molecule has 0 aromatic heterocycles. The molecule has 2 aliphatic rings. The van der Waals surface area contributed by atoms with Crippen LogP contribution >= 0.6 is 0 Å². The fourth-order valence-electron chi connectivity index (χ4n) is 4.52. The van der Waals surface area contributed by atoms with Gasteiger partial charge < -0.3 is 14.4 Å². The maximum absolute atomic E-state index is 12.5. The monoisotopic (exact) mass is 452 g/mol. The summed E-state index contributed by atoms with van der Waals surface area (Å²) in [5, 5.41) is 0. The lowest BCUT2D eigenvalue weighted by molar-refractivity contribution is -0.133. The van der Waals surface area contributed by atoms with Crippen molar-refractivity contribution in [2.45, 2.75) is 56.6 Å². The van der Waals surface area contributed by atoms with Crippen LogP contribution in [-0.4, -0.2) is 81.9 Å². The number of likely N-dealkylation sites (tertiary alicyclic amines) is 1. The van der Waals surface area contributed by atoms with Gasteiger partial charge in [0.1, 0.15) is 5.75 Å². The zero-order valence-corrected chi connectivity index (χ0v) is 19.8. The molecule has 1 amide bonds. The van der Waals surface area contributed by atoms with Gasteiger partial charge in [-0.1, -0.05) is 0 Å². The van der Waals surface area contributed by atoms with Gasteiger partial charge in [-0.05, 0) is 63.3 Å². The predicted octanol–water partition coefficient (Wildman–Crippen LogP) is 2.60. The molecule has 31 heavy (non-hydrogen) atoms. The number of hydrogen-bond acceptors (Lipinski definition) is 6. The van der Waals surface area contributed by atoms with Crippen LogP contribution in [0.25, 0.3) is 0 Å². The molecular weight excluding hydrogens is 416 g/mol. The highest BCUT2D eigenvalue weighted by Crippen LogP contribution is 2.22. The number of rotatable bonds is 8. The van der Waals surface area contributed by atoms with Gasteiger partial charge >= 0.3 is 0 Å². The van der Waals surface area contributed by atoms with Crippen LogP contribution in [0.1, 0.15) is 39.5 Å². The van der Waals surface area contributed by atoms with Crippen LogP contribution in [0.3, 0.4) is 0 Å². The largest absolute Gasteiger partial charge is 0.494 e. The lowest BCUT2D eigenvalue weighted by atomic mass is 9.95. The number of ether oxygens (including phenoxy) is 2. The number of sulfone groups is 1. The molecule has 0 bridgehead atoms. The summed E-state index contributed by atoms with van der Waals surface area (Å²) < 4.78 is 34.4. The average Bonchev–Trinajstić information content (AvgIpc) is 2.70. The smallest absolute Gasteiger partial charge is 0.222 e. The Bertz CT molecular complexity index is 809. The molecule has 0 N–H and O–H groups in total. The summed E-state index contributed by atoms with van der Waals surface area (Å²) in [5.41, 5.74) is 0. The zero-order valence-electron chi connectivity index (χ0n) is 19.0. The minimum absolute atomic E-state index is 0.197. The molecule has 2 saturated heterocycles. The molecule has 0 saturated carbocycles. The Balaban J connectivity index is 1.32. The highest BCUT2D eigenvalue weighted by molar-refractivity contribution is 7.90. The summed E-state index contributed by atoms with van der Waals surface area (Å²) in [7, 11) is -3.20. The van der Waals surface area contributed by atoms with Gasteiger partial charge in [0.25, 0.3) is 0 Å². The first kappa shape index (κ1) is 24.0. The maximum Gasteiger partial charge on any atom is 0.222 e. The van der Waals surface area contributed by atoms with Gasteiger partial charge in [-0.3, -0.25) is 9.69 Å². The van der Waals surface area contributed by atoms with E-state index >= 15 is 0 Å². The van der Waals surface area contributed by atoms with Crippen LogP contribution in [-0.2, 0) is 19.4 Å². The van der Waals surface area contributed by atoms with E-state index in [2.05, 4.69) is 18.7 Å². The Kier molecular flexibility index (Phi) is 8.36. The Hall–Kier alpha value is -1.64. The third kappa shape index (κ3) is 7.47. The highest BCUT2D eigenvalue weighted by atomic mass is 32.2. The molecule has 0 spiro atoms. The van der Waals surface area contributed by atoms with Crippen LogP contribution < -0.4 is 4.74 Å². The van der Waals surface area contributed by atoms with Crippen molar-refractivity contribution in [1.29, 1.82) is 0 Å². The summed E-state index contributed by atoms with van der Waals surface area (Å²) >= 11 is 0. The summed E-state index contributed by atoms with van der Waals surface area (Å²) in [6, 6.07) is 6.38. The number of piperidine rings is 1. The molecule has 2 heterocycles. The number of morpholine rings is 1. The molecule has 8 heteroatoms. The molecule has 0 radical (unpaired) electrons. The van der Waals surface area contributed by atoms with E-state index in [0.29, 0.717) is 43.3 Å². The first-order chi connectivity index (χ1) is 14.7. The van der Waals surface area contributed by atoms with Crippen molar-refractivity contribution in [1.82, 2.24) is 9.80 Å². The molecule has 174 valence electrons. The van der Waals surface area contributed by atoms with E-state index in [1.165, 1.54) is 18.4 Å². The fraction of sp³-hybridized carbons (Fsp3) is 0.696. The SMILES string of the molecule is CC1CN(CC2CCN(C(=O)CCCOc3ccc(S(C)(=O)=O)cc3)CC2)CC(C)O1. The van der Waals surface area contributed by atoms with Crippen LogP contribution in [0.5, 0.6) is 5.75 Å². The lowest BCUT2D eigenvalue weighted by Gasteiger charge is -2.39. The molecule has 2 unspecified atom stereocenters. The van der Waals surface area contributed by atoms with Gasteiger partial charge in [-0.2, -0.15) is 0 Å². The van der Waals surface area contributed by atoms with Crippen molar-refractivity contribution in [2.75, 3.05) is 45.6 Å². The normalized spacial score (nSPS) is 23.6. The molecule has 2 fully saturated rings. The molecule has 2 atom stereocenters. The zero-order chi connectivity index (χ0) is 22.4. The van der Waals surface area contributed by atoms with Crippen molar-refractivity contribution < 1.29 is 22.7 Å². The van der Waals surface area contributed by atoms with Crippen molar-refractivity contribution in [3.8, 4) is 5.75 Å². The molecule has 1 aromatic carbocycles. The van der Waals surface area contributed by atoms with E-state index in [0.717, 1.165) is 45.6 Å². The topological polar surface area (TPSA) is 76.2 Å². The highest BCUT2D eigenvalue weighted by Gasteiger charge is 2.27. The number of benzene rings is 1. The fourth-order valence-corrected chi connectivity index (χ4v) is 5.15. The van der Waals surface area contributed by atoms with Crippen molar-refractivity contribution in [3.63, 3.8) is 0 Å². The molecule has 1 aromatic rings. The van der Waals surface area contributed by atoms with Crippen LogP contribution in [0.15, 0.2) is 29.2 Å². The van der Waals surface area contributed by atoms with Gasteiger partial charge in [0.15, 0.2) is 9.84 Å². The van der Waals surface area contributed by atoms with Gasteiger partial charge in [-0.25, -0.2) is 8.42 Å². The van der Waals surface area contributed by atoms with Gasteiger partial charge in [0, 0.05) is 45.4 Å². The summed E-state index contributed by atoms with van der Waals surface area (Å²) in [4.78, 5) is 17.3. The molecule has 7 nitrogen and oxygen atoms in total. The Labute approximate surface area is 186 Å². The second kappa shape index (κ2) is 10.8. The van der Waals surface area contributed by atoms with E-state index in [-0.39, 0.29) is 10.8 Å². The quantitative estimate of drug-likeness (QED) is 0.565. The Morgan fingerprint density at radius 1 is 1.10 bits per heavy atom. The molecule has 3 rings (SSSR count). The molecule has 0 aliphatic carbocycles. The van der Waals surface area contributed by atoms with Gasteiger partial charge in [-0.15, -0.1) is 0 Å². The first-order valence-corrected chi connectivity index (χ1v) is 13.2. The minimum Gasteiger partial charge on any atom is -0.494 e. The second-order valence-corrected chi connectivity index (χ2v) is 11.0. The van der Waals surface area contributed by atoms with E-state index in [1.807, 2.05) is 4.90 Å². The van der Waals surface area contributed by atoms with E-state index < -0.39 is 9.84 Å². The standard InChI is InChI=1S/C23H36N2O5S/c1-18-15-24(16-19(2)30-18)17-20-10-12-25(13-11-20)23(26)5-4-14-29-21-6-8-22(9-7-21)31(3,27)28/h6-9,18-20H,4-5,10-17H2,1-3H3. The Morgan fingerprint density at radius 2 is 1.71 bits per heavy atom. The van der Waals surface area contributed by atoms with Gasteiger partial charge in [0.05, 0.1) is 23.7 Å². The van der Waals surface area contributed by atoms with Crippen LogP contribution in [0.4, 0.5) is 0 Å². The lowest BCUT2D eigenvalue weighted by Crippen LogP contribution is -2.48. The second-order valence-electron chi connectivity index (χ2n) is 9.00. The number of carbonyl (C=O) groups is 1. The summed E-state index contributed by atoms with van der Waals surface area (Å²) in [6.07, 6.45) is 5.03. The number of hydrogen-bond donors (Lipinski definition) is 0. The average molecular weight is 453 g/mol. The molecule has 2 aliphatic heterocycles. The third-order valence-electron chi connectivity index (χ3n) is 6.03. The summed E-state index contributed by atoms with van der Waals surface area (Å²) in [5.74, 6) is 1.47. The van der Waals surface area contributed by atoms with Crippen LogP contribution in [0.2, 0.25) is 0 Å². The van der Waals surface area contributed by atoms with Crippen molar-refractivity contribution in [2.24, 2.45) is 5.92 Å². The van der Waals surface area contributed by atoms with E-state index in [1.54, 1.807) is 12.1 Å². The van der Waals surface area contributed by atoms with Crippen molar-refractivity contribution >= 4 is 15.7 Å². The van der Waals surface area contributed by atoms with Gasteiger partial charge in [0.2, 0.25) is 5.91 Å². The maximum atomic E-state index is 12.5. The van der Waals surface area contributed by atoms with E-state index in [4.69, 9.17) is 9.47 Å². The minimum atomic E-state index is -3.20. The Morgan fingerprint density at radius 3 is 2.29 bits per heavy atom. The van der Waals surface area contributed by atoms with E-state index in [9.17, 15) is 13.2 Å².